The molecule has 0 aromatic heterocycles. The molecule has 5 aromatic rings. The molecule has 2 saturated carbocycles. The summed E-state index contributed by atoms with van der Waals surface area (Å²) in [5.41, 5.74) is 0.659. The summed E-state index contributed by atoms with van der Waals surface area (Å²) in [6.45, 7) is 0. The third-order valence-corrected chi connectivity index (χ3v) is 9.23. The lowest BCUT2D eigenvalue weighted by atomic mass is 9.84. The molecule has 5 aromatic carbocycles. The molecule has 0 saturated heterocycles. The maximum Gasteiger partial charge on any atom is 0.336 e. The Morgan fingerprint density at radius 3 is 1.12 bits per heavy atom. The average molecular weight is 563 g/mol. The van der Waals surface area contributed by atoms with E-state index in [1.165, 1.54) is 12.1 Å². The summed E-state index contributed by atoms with van der Waals surface area (Å²) >= 11 is 0. The molecular weight excluding hydrogens is 532 g/mol. The molecule has 0 bridgehead atoms. The predicted octanol–water partition coefficient (Wildman–Crippen LogP) is 6.48. The number of carbonyl (C=O) groups is 4. The highest BCUT2D eigenvalue weighted by Gasteiger charge is 2.28. The van der Waals surface area contributed by atoms with Gasteiger partial charge in [-0.25, -0.2) is 9.59 Å². The van der Waals surface area contributed by atoms with Crippen LogP contribution in [0.1, 0.15) is 92.8 Å². The van der Waals surface area contributed by atoms with Crippen molar-refractivity contribution in [1.29, 1.82) is 0 Å². The maximum absolute atomic E-state index is 13.8. The van der Waals surface area contributed by atoms with Crippen LogP contribution in [0.25, 0.3) is 43.1 Å². The number of hydrogen-bond donors (Lipinski definition) is 4. The summed E-state index contributed by atoms with van der Waals surface area (Å²) in [5, 5.41) is 31.0. The summed E-state index contributed by atoms with van der Waals surface area (Å²) in [6, 6.07) is 13.6. The Labute approximate surface area is 241 Å². The van der Waals surface area contributed by atoms with E-state index in [0.717, 1.165) is 67.5 Å². The van der Waals surface area contributed by atoms with Crippen LogP contribution < -0.4 is 10.6 Å². The van der Waals surface area contributed by atoms with E-state index < -0.39 is 11.9 Å². The molecule has 2 aliphatic carbocycles. The molecule has 0 aliphatic heterocycles. The van der Waals surface area contributed by atoms with Gasteiger partial charge in [-0.1, -0.05) is 49.9 Å². The van der Waals surface area contributed by atoms with Gasteiger partial charge in [0.25, 0.3) is 11.8 Å². The van der Waals surface area contributed by atoms with Crippen LogP contribution in [0.3, 0.4) is 0 Å². The number of benzene rings is 5. The van der Waals surface area contributed by atoms with Gasteiger partial charge in [-0.05, 0) is 82.3 Å². The number of nitrogens with one attached hydrogen (secondary N) is 2. The Kier molecular flexibility index (Phi) is 6.22. The number of rotatable bonds is 6. The molecule has 0 unspecified atom stereocenters. The van der Waals surface area contributed by atoms with Gasteiger partial charge in [0.15, 0.2) is 0 Å². The molecule has 8 nitrogen and oxygen atoms in total. The van der Waals surface area contributed by atoms with Crippen molar-refractivity contribution in [1.82, 2.24) is 10.6 Å². The van der Waals surface area contributed by atoms with E-state index >= 15 is 0 Å². The summed E-state index contributed by atoms with van der Waals surface area (Å²) in [6.07, 6.45) is 7.99. The van der Waals surface area contributed by atoms with E-state index in [0.29, 0.717) is 32.7 Å². The normalized spacial score (nSPS) is 16.2. The highest BCUT2D eigenvalue weighted by Crippen LogP contribution is 2.44. The monoisotopic (exact) mass is 562 g/mol. The van der Waals surface area contributed by atoms with Crippen LogP contribution in [0.4, 0.5) is 0 Å². The van der Waals surface area contributed by atoms with Gasteiger partial charge in [-0.15, -0.1) is 0 Å². The van der Waals surface area contributed by atoms with Gasteiger partial charge in [0.2, 0.25) is 0 Å². The molecule has 0 spiro atoms. The van der Waals surface area contributed by atoms with Crippen LogP contribution in [-0.4, -0.2) is 46.0 Å². The third-order valence-electron chi connectivity index (χ3n) is 9.23. The van der Waals surface area contributed by atoms with E-state index in [2.05, 4.69) is 10.6 Å². The van der Waals surface area contributed by atoms with Crippen molar-refractivity contribution in [2.75, 3.05) is 0 Å². The first kappa shape index (κ1) is 26.2. The first-order valence-electron chi connectivity index (χ1n) is 14.6. The van der Waals surface area contributed by atoms with E-state index in [9.17, 15) is 29.4 Å². The van der Waals surface area contributed by atoms with Crippen LogP contribution in [0.15, 0.2) is 48.5 Å². The Morgan fingerprint density at radius 2 is 0.786 bits per heavy atom. The summed E-state index contributed by atoms with van der Waals surface area (Å²) in [5.74, 6) is -2.87. The van der Waals surface area contributed by atoms with Gasteiger partial charge < -0.3 is 20.8 Å². The second-order valence-corrected chi connectivity index (χ2v) is 11.7. The Morgan fingerprint density at radius 1 is 0.476 bits per heavy atom. The molecule has 0 atom stereocenters. The lowest BCUT2D eigenvalue weighted by molar-refractivity contribution is 0.0695. The molecule has 42 heavy (non-hydrogen) atoms. The quantitative estimate of drug-likeness (QED) is 0.138. The Bertz CT molecular complexity index is 1820. The zero-order valence-corrected chi connectivity index (χ0v) is 23.0. The minimum Gasteiger partial charge on any atom is -0.478 e. The molecule has 8 heteroatoms. The summed E-state index contributed by atoms with van der Waals surface area (Å²) < 4.78 is 0. The van der Waals surface area contributed by atoms with Crippen molar-refractivity contribution in [2.24, 2.45) is 0 Å². The van der Waals surface area contributed by atoms with E-state index in [1.807, 2.05) is 12.1 Å². The number of carbonyl (C=O) groups excluding carboxylic acids is 2. The topological polar surface area (TPSA) is 133 Å². The molecule has 2 aliphatic rings. The number of aromatic carboxylic acids is 2. The first-order valence-corrected chi connectivity index (χ1v) is 14.6. The molecule has 0 radical (unpaired) electrons. The minimum absolute atomic E-state index is 0.0900. The second-order valence-electron chi connectivity index (χ2n) is 11.7. The van der Waals surface area contributed by atoms with Gasteiger partial charge in [0.1, 0.15) is 0 Å². The standard InChI is InChI=1S/C34H30N2O6/c37-31(35-17-5-1-2-6-17)23-13-9-19-21-11-15-25(33(39)40)30-26(34(41)42)16-12-22(28(21)30)20-10-14-24(29(23)27(19)20)32(38)36-18-7-3-4-8-18/h9-18H,1-8H2,(H,35,37)(H,36,38)(H,39,40)(H,41,42). The highest BCUT2D eigenvalue weighted by molar-refractivity contribution is 6.38. The molecular formula is C34H30N2O6. The largest absolute Gasteiger partial charge is 0.478 e. The Balaban J connectivity index is 1.55. The van der Waals surface area contributed by atoms with Crippen LogP contribution >= 0.6 is 0 Å². The SMILES string of the molecule is O=C(O)c1ccc2c3ccc(C(=O)NC4CCCC4)c4c(C(=O)NC5CCCC5)ccc(c5ccc(C(=O)O)c1c25)c43. The van der Waals surface area contributed by atoms with Crippen molar-refractivity contribution >= 4 is 66.8 Å². The third kappa shape index (κ3) is 4.04. The molecule has 212 valence electrons. The van der Waals surface area contributed by atoms with Crippen molar-refractivity contribution in [3.63, 3.8) is 0 Å². The lowest BCUT2D eigenvalue weighted by Gasteiger charge is -2.21. The highest BCUT2D eigenvalue weighted by atomic mass is 16.4. The summed E-state index contributed by atoms with van der Waals surface area (Å²) in [7, 11) is 0. The molecule has 4 N–H and O–H groups in total. The van der Waals surface area contributed by atoms with Gasteiger partial charge >= 0.3 is 11.9 Å². The fourth-order valence-electron chi connectivity index (χ4n) is 7.29. The molecule has 0 heterocycles. The second kappa shape index (κ2) is 9.98. The number of carboxylic acid groups (broad SMARTS) is 2. The average Bonchev–Trinajstić information content (AvgIpc) is 3.69. The zero-order valence-electron chi connectivity index (χ0n) is 23.0. The van der Waals surface area contributed by atoms with Gasteiger partial charge in [0.05, 0.1) is 11.1 Å². The maximum atomic E-state index is 13.8. The van der Waals surface area contributed by atoms with Crippen molar-refractivity contribution in [3.05, 3.63) is 70.8 Å². The molecule has 2 amide bonds. The number of amides is 2. The molecule has 7 rings (SSSR count). The van der Waals surface area contributed by atoms with Crippen molar-refractivity contribution in [3.8, 4) is 0 Å². The van der Waals surface area contributed by atoms with Gasteiger partial charge in [0, 0.05) is 34.0 Å². The van der Waals surface area contributed by atoms with Crippen LogP contribution in [0.2, 0.25) is 0 Å². The fraction of sp³-hybridized carbons (Fsp3) is 0.294. The van der Waals surface area contributed by atoms with Gasteiger partial charge in [-0.2, -0.15) is 0 Å². The fourth-order valence-corrected chi connectivity index (χ4v) is 7.29. The zero-order chi connectivity index (χ0) is 29.1. The number of fused-ring (bicyclic) bond motifs is 2. The van der Waals surface area contributed by atoms with Crippen molar-refractivity contribution < 1.29 is 29.4 Å². The van der Waals surface area contributed by atoms with Gasteiger partial charge in [-0.3, -0.25) is 9.59 Å². The van der Waals surface area contributed by atoms with Crippen LogP contribution in [0, 0.1) is 0 Å². The lowest BCUT2D eigenvalue weighted by Crippen LogP contribution is -2.34. The minimum atomic E-state index is -1.21. The number of hydrogen-bond acceptors (Lipinski definition) is 4. The van der Waals surface area contributed by atoms with Crippen LogP contribution in [-0.2, 0) is 0 Å². The first-order chi connectivity index (χ1) is 20.3. The van der Waals surface area contributed by atoms with E-state index in [1.54, 1.807) is 24.3 Å². The van der Waals surface area contributed by atoms with E-state index in [4.69, 9.17) is 0 Å². The summed E-state index contributed by atoms with van der Waals surface area (Å²) in [4.78, 5) is 51.9. The van der Waals surface area contributed by atoms with Crippen molar-refractivity contribution in [2.45, 2.75) is 63.5 Å². The van der Waals surface area contributed by atoms with E-state index in [-0.39, 0.29) is 40.4 Å². The number of carboxylic acids is 2. The Hall–Kier alpha value is -4.72. The molecule has 2 fully saturated rings. The smallest absolute Gasteiger partial charge is 0.336 e. The predicted molar refractivity (Wildman–Crippen MR) is 161 cm³/mol. The van der Waals surface area contributed by atoms with Crippen LogP contribution in [0.5, 0.6) is 0 Å².